The van der Waals surface area contributed by atoms with Crippen molar-refractivity contribution in [3.8, 4) is 5.75 Å². The monoisotopic (exact) mass is 153 g/mol. The summed E-state index contributed by atoms with van der Waals surface area (Å²) in [6.07, 6.45) is -0.230. The Morgan fingerprint density at radius 1 is 1.45 bits per heavy atom. The molecule has 1 atom stereocenters. The Hall–Kier alpha value is -1.05. The second-order valence-corrected chi connectivity index (χ2v) is 2.36. The average molecular weight is 153 g/mol. The van der Waals surface area contributed by atoms with E-state index in [0.717, 1.165) is 0 Å². The highest BCUT2D eigenvalue weighted by Crippen LogP contribution is 2.16. The number of benzene rings is 1. The van der Waals surface area contributed by atoms with Gasteiger partial charge in [0.2, 0.25) is 0 Å². The Balaban J connectivity index is 2.78. The Kier molecular flexibility index (Phi) is 2.47. The fourth-order valence-corrected chi connectivity index (χ4v) is 0.757. The Labute approximate surface area is 65.8 Å². The predicted molar refractivity (Wildman–Crippen MR) is 41.8 cm³/mol. The van der Waals surface area contributed by atoms with Crippen molar-refractivity contribution in [1.29, 1.82) is 0 Å². The number of hydrogen-bond acceptors (Lipinski definition) is 1. The first-order valence-electron chi connectivity index (χ1n) is 3.44. The molecule has 0 aliphatic carbocycles. The van der Waals surface area contributed by atoms with Crippen LogP contribution in [0.4, 0.5) is 4.39 Å². The van der Waals surface area contributed by atoms with Gasteiger partial charge in [0.25, 0.3) is 0 Å². The third-order valence-corrected chi connectivity index (χ3v) is 1.16. The van der Waals surface area contributed by atoms with E-state index in [9.17, 15) is 4.39 Å². The van der Waals surface area contributed by atoms with Crippen LogP contribution in [0.5, 0.6) is 5.75 Å². The molecule has 1 rings (SSSR count). The molecule has 1 unspecified atom stereocenters. The molecule has 0 fully saturated rings. The summed E-state index contributed by atoms with van der Waals surface area (Å²) in [7, 11) is 0. The summed E-state index contributed by atoms with van der Waals surface area (Å²) in [5, 5.41) is 0. The number of ether oxygens (including phenoxy) is 1. The van der Waals surface area contributed by atoms with Crippen LogP contribution in [0.3, 0.4) is 0 Å². The summed E-state index contributed by atoms with van der Waals surface area (Å²) in [6.45, 7) is 5.34. The van der Waals surface area contributed by atoms with E-state index < -0.39 is 0 Å². The number of hydrogen-bond donors (Lipinski definition) is 0. The largest absolute Gasteiger partial charge is 0.488 e. The lowest BCUT2D eigenvalue weighted by atomic mass is 10.3. The zero-order chi connectivity index (χ0) is 8.27. The molecule has 1 aromatic rings. The molecule has 0 heterocycles. The Bertz CT molecular complexity index is 233. The maximum Gasteiger partial charge on any atom is 0.165 e. The normalized spacial score (nSPS) is 10.2. The van der Waals surface area contributed by atoms with E-state index in [4.69, 9.17) is 4.74 Å². The Morgan fingerprint density at radius 3 is 2.64 bits per heavy atom. The van der Waals surface area contributed by atoms with Crippen LogP contribution in [-0.2, 0) is 0 Å². The highest BCUT2D eigenvalue weighted by atomic mass is 19.1. The van der Waals surface area contributed by atoms with Crippen molar-refractivity contribution in [1.82, 2.24) is 0 Å². The minimum absolute atomic E-state index is 0.230. The molecule has 1 radical (unpaired) electrons. The van der Waals surface area contributed by atoms with Crippen molar-refractivity contribution in [2.24, 2.45) is 0 Å². The van der Waals surface area contributed by atoms with E-state index in [1.807, 2.05) is 0 Å². The second-order valence-electron chi connectivity index (χ2n) is 2.36. The molecule has 0 aliphatic rings. The maximum atomic E-state index is 12.8. The zero-order valence-corrected chi connectivity index (χ0v) is 6.38. The molecule has 0 aromatic heterocycles. The van der Waals surface area contributed by atoms with Crippen molar-refractivity contribution in [2.45, 2.75) is 13.0 Å². The summed E-state index contributed by atoms with van der Waals surface area (Å²) in [5.74, 6) is -0.0852. The van der Waals surface area contributed by atoms with Gasteiger partial charge in [-0.05, 0) is 26.0 Å². The van der Waals surface area contributed by atoms with E-state index in [2.05, 4.69) is 6.92 Å². The van der Waals surface area contributed by atoms with Gasteiger partial charge in [-0.3, -0.25) is 0 Å². The van der Waals surface area contributed by atoms with Crippen molar-refractivity contribution >= 4 is 0 Å². The molecule has 0 aliphatic heterocycles. The topological polar surface area (TPSA) is 9.23 Å². The molecule has 0 N–H and O–H groups in total. The van der Waals surface area contributed by atoms with Crippen LogP contribution in [0.2, 0.25) is 0 Å². The van der Waals surface area contributed by atoms with Crippen LogP contribution in [0.1, 0.15) is 6.92 Å². The smallest absolute Gasteiger partial charge is 0.165 e. The fourth-order valence-electron chi connectivity index (χ4n) is 0.757. The molecule has 1 nitrogen and oxygen atoms in total. The van der Waals surface area contributed by atoms with Crippen molar-refractivity contribution < 1.29 is 9.13 Å². The molecule has 0 saturated carbocycles. The molecule has 0 amide bonds. The SMILES string of the molecule is [CH2]C(C)Oc1ccccc1F. The number of halogens is 1. The first-order chi connectivity index (χ1) is 5.20. The summed E-state index contributed by atoms with van der Waals surface area (Å²) in [6, 6.07) is 6.28. The van der Waals surface area contributed by atoms with E-state index in [1.54, 1.807) is 25.1 Å². The van der Waals surface area contributed by atoms with E-state index in [0.29, 0.717) is 0 Å². The van der Waals surface area contributed by atoms with Crippen molar-refractivity contribution in [3.63, 3.8) is 0 Å². The van der Waals surface area contributed by atoms with Crippen LogP contribution in [0.25, 0.3) is 0 Å². The average Bonchev–Trinajstić information content (AvgIpc) is 1.93. The van der Waals surface area contributed by atoms with Gasteiger partial charge in [0.1, 0.15) is 0 Å². The third kappa shape index (κ3) is 2.22. The maximum absolute atomic E-state index is 12.8. The minimum Gasteiger partial charge on any atom is -0.488 e. The zero-order valence-electron chi connectivity index (χ0n) is 6.38. The summed E-state index contributed by atoms with van der Waals surface area (Å²) >= 11 is 0. The fraction of sp³-hybridized carbons (Fsp3) is 0.222. The van der Waals surface area contributed by atoms with Gasteiger partial charge in [-0.2, -0.15) is 0 Å². The highest BCUT2D eigenvalue weighted by molar-refractivity contribution is 5.23. The molecular weight excluding hydrogens is 143 g/mol. The first kappa shape index (κ1) is 8.05. The van der Waals surface area contributed by atoms with Crippen molar-refractivity contribution in [3.05, 3.63) is 37.0 Å². The molecular formula is C9H10FO. The quantitative estimate of drug-likeness (QED) is 0.634. The van der Waals surface area contributed by atoms with Gasteiger partial charge >= 0.3 is 0 Å². The highest BCUT2D eigenvalue weighted by Gasteiger charge is 2.02. The van der Waals surface area contributed by atoms with Crippen LogP contribution >= 0.6 is 0 Å². The van der Waals surface area contributed by atoms with E-state index in [-0.39, 0.29) is 17.7 Å². The van der Waals surface area contributed by atoms with E-state index >= 15 is 0 Å². The number of rotatable bonds is 2. The molecule has 59 valence electrons. The van der Waals surface area contributed by atoms with Gasteiger partial charge in [-0.25, -0.2) is 4.39 Å². The van der Waals surface area contributed by atoms with Crippen LogP contribution in [-0.4, -0.2) is 6.10 Å². The van der Waals surface area contributed by atoms with Gasteiger partial charge < -0.3 is 4.74 Å². The summed E-state index contributed by atoms with van der Waals surface area (Å²) in [4.78, 5) is 0. The van der Waals surface area contributed by atoms with Crippen LogP contribution in [0.15, 0.2) is 24.3 Å². The van der Waals surface area contributed by atoms with Gasteiger partial charge in [0.05, 0.1) is 6.10 Å². The van der Waals surface area contributed by atoms with Gasteiger partial charge in [-0.15, -0.1) is 0 Å². The minimum atomic E-state index is -0.344. The lowest BCUT2D eigenvalue weighted by molar-refractivity contribution is 0.254. The second kappa shape index (κ2) is 3.37. The Morgan fingerprint density at radius 2 is 2.09 bits per heavy atom. The van der Waals surface area contributed by atoms with E-state index in [1.165, 1.54) is 6.07 Å². The summed E-state index contributed by atoms with van der Waals surface area (Å²) in [5.41, 5.74) is 0. The lowest BCUT2D eigenvalue weighted by Crippen LogP contribution is -2.06. The standard InChI is InChI=1S/C9H10FO/c1-7(2)11-9-6-4-3-5-8(9)10/h3-7H,1H2,2H3. The lowest BCUT2D eigenvalue weighted by Gasteiger charge is -2.09. The molecule has 0 spiro atoms. The van der Waals surface area contributed by atoms with Gasteiger partial charge in [-0.1, -0.05) is 12.1 Å². The van der Waals surface area contributed by atoms with Gasteiger partial charge in [0, 0.05) is 0 Å². The molecule has 0 saturated heterocycles. The molecule has 11 heavy (non-hydrogen) atoms. The summed E-state index contributed by atoms with van der Waals surface area (Å²) < 4.78 is 17.9. The van der Waals surface area contributed by atoms with Crippen LogP contribution in [0, 0.1) is 12.7 Å². The predicted octanol–water partition coefficient (Wildman–Crippen LogP) is 2.43. The van der Waals surface area contributed by atoms with Crippen molar-refractivity contribution in [2.75, 3.05) is 0 Å². The van der Waals surface area contributed by atoms with Gasteiger partial charge in [0.15, 0.2) is 11.6 Å². The number of para-hydroxylation sites is 1. The molecule has 1 aromatic carbocycles. The first-order valence-corrected chi connectivity index (χ1v) is 3.44. The molecule has 0 bridgehead atoms. The third-order valence-electron chi connectivity index (χ3n) is 1.16. The molecule has 2 heteroatoms. The van der Waals surface area contributed by atoms with Crippen LogP contribution < -0.4 is 4.74 Å².